The van der Waals surface area contributed by atoms with Crippen LogP contribution in [-0.4, -0.2) is 0 Å². The number of benzene rings is 1. The maximum atomic E-state index is 5.90. The Labute approximate surface area is 87.5 Å². The Bertz CT molecular complexity index is 286. The molecular formula is C10H14IN. The Morgan fingerprint density at radius 2 is 1.83 bits per heavy atom. The largest absolute Gasteiger partial charge is 0.398 e. The molecule has 0 saturated carbocycles. The highest BCUT2D eigenvalue weighted by molar-refractivity contribution is 14.1. The van der Waals surface area contributed by atoms with E-state index in [9.17, 15) is 0 Å². The first-order valence-electron chi connectivity index (χ1n) is 3.97. The van der Waals surface area contributed by atoms with Gasteiger partial charge in [0.15, 0.2) is 0 Å². The molecule has 2 heteroatoms. The van der Waals surface area contributed by atoms with Crippen LogP contribution in [0, 0.1) is 3.57 Å². The zero-order valence-corrected chi connectivity index (χ0v) is 9.84. The topological polar surface area (TPSA) is 26.0 Å². The van der Waals surface area contributed by atoms with Gasteiger partial charge in [-0.15, -0.1) is 0 Å². The minimum Gasteiger partial charge on any atom is -0.398 e. The number of halogens is 1. The first-order valence-corrected chi connectivity index (χ1v) is 5.04. The summed E-state index contributed by atoms with van der Waals surface area (Å²) < 4.78 is 1.19. The van der Waals surface area contributed by atoms with E-state index < -0.39 is 0 Å². The lowest BCUT2D eigenvalue weighted by atomic mass is 9.86. The maximum Gasteiger partial charge on any atom is 0.0362 e. The summed E-state index contributed by atoms with van der Waals surface area (Å²) in [7, 11) is 0. The van der Waals surface area contributed by atoms with Gasteiger partial charge in [-0.3, -0.25) is 0 Å². The lowest BCUT2D eigenvalue weighted by Crippen LogP contribution is -2.13. The van der Waals surface area contributed by atoms with E-state index in [-0.39, 0.29) is 5.41 Å². The number of hydrogen-bond acceptors (Lipinski definition) is 1. The Hall–Kier alpha value is -0.250. The molecule has 1 aromatic carbocycles. The summed E-state index contributed by atoms with van der Waals surface area (Å²) in [6.07, 6.45) is 0. The van der Waals surface area contributed by atoms with Gasteiger partial charge in [0.2, 0.25) is 0 Å². The van der Waals surface area contributed by atoms with Crippen molar-refractivity contribution in [1.82, 2.24) is 0 Å². The number of hydrogen-bond donors (Lipinski definition) is 1. The third kappa shape index (κ3) is 2.12. The van der Waals surface area contributed by atoms with Crippen molar-refractivity contribution in [2.75, 3.05) is 5.73 Å². The molecule has 1 nitrogen and oxygen atoms in total. The monoisotopic (exact) mass is 275 g/mol. The summed E-state index contributed by atoms with van der Waals surface area (Å²) in [6, 6.07) is 6.22. The summed E-state index contributed by atoms with van der Waals surface area (Å²) in [5, 5.41) is 0. The van der Waals surface area contributed by atoms with Gasteiger partial charge < -0.3 is 5.73 Å². The van der Waals surface area contributed by atoms with Crippen LogP contribution >= 0.6 is 22.6 Å². The molecule has 0 aliphatic carbocycles. The van der Waals surface area contributed by atoms with Gasteiger partial charge in [-0.25, -0.2) is 0 Å². The van der Waals surface area contributed by atoms with Crippen LogP contribution in [0.15, 0.2) is 18.2 Å². The molecule has 0 fully saturated rings. The average molecular weight is 275 g/mol. The van der Waals surface area contributed by atoms with Crippen molar-refractivity contribution in [3.05, 3.63) is 27.3 Å². The van der Waals surface area contributed by atoms with Crippen LogP contribution in [0.2, 0.25) is 0 Å². The highest BCUT2D eigenvalue weighted by Crippen LogP contribution is 2.28. The standard InChI is InChI=1S/C10H14IN/c1-10(2,3)8-5-4-7(11)6-9(8)12/h4-6H,12H2,1-3H3. The molecule has 0 aliphatic heterocycles. The van der Waals surface area contributed by atoms with Crippen molar-refractivity contribution in [2.24, 2.45) is 0 Å². The summed E-state index contributed by atoms with van der Waals surface area (Å²) >= 11 is 2.27. The molecule has 2 N–H and O–H groups in total. The third-order valence-corrected chi connectivity index (χ3v) is 2.49. The van der Waals surface area contributed by atoms with E-state index >= 15 is 0 Å². The van der Waals surface area contributed by atoms with Gasteiger partial charge in [-0.2, -0.15) is 0 Å². The van der Waals surface area contributed by atoms with Crippen molar-refractivity contribution < 1.29 is 0 Å². The van der Waals surface area contributed by atoms with Crippen molar-refractivity contribution in [3.63, 3.8) is 0 Å². The number of nitrogens with two attached hydrogens (primary N) is 1. The minimum atomic E-state index is 0.147. The molecule has 0 spiro atoms. The number of rotatable bonds is 0. The zero-order chi connectivity index (χ0) is 9.35. The van der Waals surface area contributed by atoms with E-state index in [4.69, 9.17) is 5.73 Å². The molecule has 12 heavy (non-hydrogen) atoms. The number of nitrogen functional groups attached to an aromatic ring is 1. The Balaban J connectivity index is 3.19. The molecule has 0 aliphatic rings. The molecule has 0 amide bonds. The zero-order valence-electron chi connectivity index (χ0n) is 7.69. The van der Waals surface area contributed by atoms with E-state index in [1.807, 2.05) is 6.07 Å². The fourth-order valence-electron chi connectivity index (χ4n) is 1.22. The smallest absolute Gasteiger partial charge is 0.0362 e. The average Bonchev–Trinajstić information content (AvgIpc) is 1.83. The van der Waals surface area contributed by atoms with Crippen LogP contribution in [0.1, 0.15) is 26.3 Å². The van der Waals surface area contributed by atoms with E-state index in [0.717, 1.165) is 5.69 Å². The van der Waals surface area contributed by atoms with E-state index in [2.05, 4.69) is 55.5 Å². The predicted molar refractivity (Wildman–Crippen MR) is 62.3 cm³/mol. The highest BCUT2D eigenvalue weighted by Gasteiger charge is 2.16. The maximum absolute atomic E-state index is 5.90. The van der Waals surface area contributed by atoms with Gasteiger partial charge in [0.1, 0.15) is 0 Å². The first kappa shape index (κ1) is 9.84. The van der Waals surface area contributed by atoms with Gasteiger partial charge in [-0.05, 0) is 45.7 Å². The molecular weight excluding hydrogens is 261 g/mol. The van der Waals surface area contributed by atoms with Gasteiger partial charge in [0.25, 0.3) is 0 Å². The first-order chi connectivity index (χ1) is 5.41. The minimum absolute atomic E-state index is 0.147. The van der Waals surface area contributed by atoms with Crippen molar-refractivity contribution >= 4 is 28.3 Å². The molecule has 0 heterocycles. The Kier molecular flexibility index (Phi) is 2.66. The second-order valence-corrected chi connectivity index (χ2v) is 5.23. The molecule has 0 unspecified atom stereocenters. The lowest BCUT2D eigenvalue weighted by Gasteiger charge is -2.21. The fraction of sp³-hybridized carbons (Fsp3) is 0.400. The summed E-state index contributed by atoms with van der Waals surface area (Å²) in [5.74, 6) is 0. The Morgan fingerprint density at radius 1 is 1.25 bits per heavy atom. The van der Waals surface area contributed by atoms with Crippen LogP contribution in [0.3, 0.4) is 0 Å². The van der Waals surface area contributed by atoms with Crippen LogP contribution < -0.4 is 5.73 Å². The fourth-order valence-corrected chi connectivity index (χ4v) is 1.73. The number of anilines is 1. The molecule has 66 valence electrons. The summed E-state index contributed by atoms with van der Waals surface area (Å²) in [4.78, 5) is 0. The molecule has 0 radical (unpaired) electrons. The molecule has 1 aromatic rings. The van der Waals surface area contributed by atoms with E-state index in [0.29, 0.717) is 0 Å². The van der Waals surface area contributed by atoms with Crippen molar-refractivity contribution in [2.45, 2.75) is 26.2 Å². The van der Waals surface area contributed by atoms with Crippen molar-refractivity contribution in [1.29, 1.82) is 0 Å². The van der Waals surface area contributed by atoms with E-state index in [1.54, 1.807) is 0 Å². The van der Waals surface area contributed by atoms with Crippen LogP contribution in [0.25, 0.3) is 0 Å². The quantitative estimate of drug-likeness (QED) is 0.571. The van der Waals surface area contributed by atoms with E-state index in [1.165, 1.54) is 9.13 Å². The van der Waals surface area contributed by atoms with Gasteiger partial charge in [0, 0.05) is 9.26 Å². The normalized spacial score (nSPS) is 11.7. The molecule has 1 rings (SSSR count). The van der Waals surface area contributed by atoms with Gasteiger partial charge >= 0.3 is 0 Å². The molecule has 0 atom stereocenters. The van der Waals surface area contributed by atoms with Gasteiger partial charge in [0.05, 0.1) is 0 Å². The van der Waals surface area contributed by atoms with Crippen LogP contribution in [0.4, 0.5) is 5.69 Å². The Morgan fingerprint density at radius 3 is 2.25 bits per heavy atom. The SMILES string of the molecule is CC(C)(C)c1ccc(I)cc1N. The van der Waals surface area contributed by atoms with Gasteiger partial charge in [-0.1, -0.05) is 26.8 Å². The molecule has 0 saturated heterocycles. The summed E-state index contributed by atoms with van der Waals surface area (Å²) in [5.41, 5.74) is 8.17. The van der Waals surface area contributed by atoms with Crippen molar-refractivity contribution in [3.8, 4) is 0 Å². The van der Waals surface area contributed by atoms with Crippen LogP contribution in [-0.2, 0) is 5.41 Å². The predicted octanol–water partition coefficient (Wildman–Crippen LogP) is 3.17. The highest BCUT2D eigenvalue weighted by atomic mass is 127. The molecule has 0 bridgehead atoms. The molecule has 0 aromatic heterocycles. The third-order valence-electron chi connectivity index (χ3n) is 1.82. The van der Waals surface area contributed by atoms with Crippen LogP contribution in [0.5, 0.6) is 0 Å². The lowest BCUT2D eigenvalue weighted by molar-refractivity contribution is 0.592. The summed E-state index contributed by atoms with van der Waals surface area (Å²) in [6.45, 7) is 6.52. The second kappa shape index (κ2) is 3.24. The second-order valence-electron chi connectivity index (χ2n) is 3.98.